The zero-order valence-electron chi connectivity index (χ0n) is 17.9. The van der Waals surface area contributed by atoms with Gasteiger partial charge in [-0.05, 0) is 45.2 Å². The van der Waals surface area contributed by atoms with Crippen LogP contribution in [0.4, 0.5) is 17.5 Å². The number of nitrogens with zero attached hydrogens (tertiary/aromatic N) is 2. The number of piperidine rings is 1. The van der Waals surface area contributed by atoms with Crippen molar-refractivity contribution >= 4 is 29.3 Å². The molecule has 3 N–H and O–H groups in total. The number of benzene rings is 1. The molecule has 2 aliphatic rings. The first-order chi connectivity index (χ1) is 14.9. The van der Waals surface area contributed by atoms with E-state index in [2.05, 4.69) is 39.3 Å². The molecule has 1 aromatic heterocycles. The van der Waals surface area contributed by atoms with Gasteiger partial charge in [0.15, 0.2) is 0 Å². The highest BCUT2D eigenvalue weighted by atomic mass is 16.5. The standard InChI is InChI=1S/C22H27N5O4/c1-12-6-4-7-13(2)27(12)22-25-19-18(21(30)26-22)16(11-17(28)24-19)20(29)23-14-8-5-9-15(10-14)31-3/h5,8-10,12-13,16H,4,6-7,11H2,1-3H3,(H,23,29)(H2,24,25,26,28,30)/t12-,13-,16-/m0/s1. The van der Waals surface area contributed by atoms with Gasteiger partial charge in [0, 0.05) is 30.3 Å². The third kappa shape index (κ3) is 4.12. The summed E-state index contributed by atoms with van der Waals surface area (Å²) >= 11 is 0. The van der Waals surface area contributed by atoms with Gasteiger partial charge in [-0.15, -0.1) is 0 Å². The van der Waals surface area contributed by atoms with Gasteiger partial charge in [-0.3, -0.25) is 19.4 Å². The summed E-state index contributed by atoms with van der Waals surface area (Å²) in [5.74, 6) is -0.542. The Hall–Kier alpha value is -3.36. The summed E-state index contributed by atoms with van der Waals surface area (Å²) in [4.78, 5) is 47.9. The Morgan fingerprint density at radius 1 is 1.23 bits per heavy atom. The van der Waals surface area contributed by atoms with Crippen molar-refractivity contribution in [2.24, 2.45) is 0 Å². The second kappa shape index (κ2) is 8.41. The van der Waals surface area contributed by atoms with E-state index in [0.717, 1.165) is 19.3 Å². The molecule has 0 spiro atoms. The van der Waals surface area contributed by atoms with Gasteiger partial charge in [0.25, 0.3) is 5.56 Å². The Kier molecular flexibility index (Phi) is 5.67. The average molecular weight is 425 g/mol. The SMILES string of the molecule is COc1cccc(NC(=O)[C@H]2CC(=O)Nc3nc(N4[C@@H](C)CCC[C@@H]4C)[nH]c(=O)c32)c1. The first kappa shape index (κ1) is 20.9. The molecule has 0 aliphatic carbocycles. The van der Waals surface area contributed by atoms with Crippen molar-refractivity contribution in [2.75, 3.05) is 22.6 Å². The minimum atomic E-state index is -0.934. The maximum atomic E-state index is 13.0. The predicted octanol–water partition coefficient (Wildman–Crippen LogP) is 2.61. The summed E-state index contributed by atoms with van der Waals surface area (Å²) in [6.07, 6.45) is 3.01. The van der Waals surface area contributed by atoms with Gasteiger partial charge in [-0.2, -0.15) is 4.98 Å². The fraction of sp³-hybridized carbons (Fsp3) is 0.455. The van der Waals surface area contributed by atoms with E-state index in [1.54, 1.807) is 24.3 Å². The van der Waals surface area contributed by atoms with Crippen LogP contribution in [0.3, 0.4) is 0 Å². The van der Waals surface area contributed by atoms with Gasteiger partial charge >= 0.3 is 0 Å². The molecule has 3 atom stereocenters. The van der Waals surface area contributed by atoms with E-state index in [1.807, 2.05) is 0 Å². The third-order valence-corrected chi connectivity index (χ3v) is 6.03. The third-order valence-electron chi connectivity index (χ3n) is 6.03. The van der Waals surface area contributed by atoms with Gasteiger partial charge in [0.2, 0.25) is 17.8 Å². The largest absolute Gasteiger partial charge is 0.497 e. The lowest BCUT2D eigenvalue weighted by atomic mass is 9.92. The van der Waals surface area contributed by atoms with Gasteiger partial charge in [-0.25, -0.2) is 0 Å². The van der Waals surface area contributed by atoms with Gasteiger partial charge in [0.1, 0.15) is 11.6 Å². The number of methoxy groups -OCH3 is 1. The molecule has 9 heteroatoms. The van der Waals surface area contributed by atoms with Crippen LogP contribution in [0.5, 0.6) is 5.75 Å². The molecule has 0 saturated carbocycles. The van der Waals surface area contributed by atoms with E-state index in [9.17, 15) is 14.4 Å². The maximum Gasteiger partial charge on any atom is 0.258 e. The summed E-state index contributed by atoms with van der Waals surface area (Å²) in [5, 5.41) is 5.46. The van der Waals surface area contributed by atoms with E-state index < -0.39 is 17.4 Å². The van der Waals surface area contributed by atoms with Crippen LogP contribution in [0.15, 0.2) is 29.1 Å². The van der Waals surface area contributed by atoms with Crippen LogP contribution in [0.2, 0.25) is 0 Å². The van der Waals surface area contributed by atoms with Crippen LogP contribution < -0.4 is 25.8 Å². The van der Waals surface area contributed by atoms with Crippen LogP contribution in [0, 0.1) is 0 Å². The Bertz CT molecular complexity index is 1060. The van der Waals surface area contributed by atoms with E-state index in [4.69, 9.17) is 4.74 Å². The van der Waals surface area contributed by atoms with E-state index in [-0.39, 0.29) is 35.8 Å². The van der Waals surface area contributed by atoms with E-state index >= 15 is 0 Å². The molecule has 31 heavy (non-hydrogen) atoms. The number of aromatic nitrogens is 2. The molecule has 2 aliphatic heterocycles. The number of carbonyl (C=O) groups excluding carboxylic acids is 2. The highest BCUT2D eigenvalue weighted by Crippen LogP contribution is 2.32. The first-order valence-corrected chi connectivity index (χ1v) is 10.5. The quantitative estimate of drug-likeness (QED) is 0.693. The van der Waals surface area contributed by atoms with Gasteiger partial charge in [-0.1, -0.05) is 6.07 Å². The molecular formula is C22H27N5O4. The monoisotopic (exact) mass is 425 g/mol. The zero-order chi connectivity index (χ0) is 22.1. The van der Waals surface area contributed by atoms with E-state index in [0.29, 0.717) is 17.4 Å². The fourth-order valence-corrected chi connectivity index (χ4v) is 4.47. The summed E-state index contributed by atoms with van der Waals surface area (Å²) in [5.41, 5.74) is 0.297. The number of amides is 2. The van der Waals surface area contributed by atoms with Crippen LogP contribution >= 0.6 is 0 Å². The van der Waals surface area contributed by atoms with Crippen molar-refractivity contribution in [1.29, 1.82) is 0 Å². The molecule has 0 bridgehead atoms. The fourth-order valence-electron chi connectivity index (χ4n) is 4.47. The molecule has 3 heterocycles. The Labute approximate surface area is 180 Å². The zero-order valence-corrected chi connectivity index (χ0v) is 17.9. The number of rotatable bonds is 4. The summed E-state index contributed by atoms with van der Waals surface area (Å²) < 4.78 is 5.18. The first-order valence-electron chi connectivity index (χ1n) is 10.5. The molecule has 4 rings (SSSR count). The molecule has 1 saturated heterocycles. The number of anilines is 3. The van der Waals surface area contributed by atoms with Crippen LogP contribution in [0.1, 0.15) is 51.0 Å². The number of aromatic amines is 1. The molecule has 1 aromatic carbocycles. The number of ether oxygens (including phenoxy) is 1. The molecule has 2 aromatic rings. The molecule has 164 valence electrons. The topological polar surface area (TPSA) is 116 Å². The Morgan fingerprint density at radius 2 is 1.97 bits per heavy atom. The van der Waals surface area contributed by atoms with Crippen LogP contribution in [-0.4, -0.2) is 41.0 Å². The van der Waals surface area contributed by atoms with Gasteiger partial charge < -0.3 is 20.3 Å². The second-order valence-corrected chi connectivity index (χ2v) is 8.21. The van der Waals surface area contributed by atoms with Crippen molar-refractivity contribution in [1.82, 2.24) is 9.97 Å². The van der Waals surface area contributed by atoms with E-state index in [1.165, 1.54) is 7.11 Å². The van der Waals surface area contributed by atoms with Crippen molar-refractivity contribution in [3.63, 3.8) is 0 Å². The van der Waals surface area contributed by atoms with Crippen molar-refractivity contribution in [3.05, 3.63) is 40.2 Å². The Balaban J connectivity index is 1.66. The van der Waals surface area contributed by atoms with Gasteiger partial charge in [0.05, 0.1) is 18.6 Å². The van der Waals surface area contributed by atoms with Crippen LogP contribution in [0.25, 0.3) is 0 Å². The minimum Gasteiger partial charge on any atom is -0.497 e. The maximum absolute atomic E-state index is 13.0. The molecular weight excluding hydrogens is 398 g/mol. The smallest absolute Gasteiger partial charge is 0.258 e. The average Bonchev–Trinajstić information content (AvgIpc) is 2.73. The number of hydrogen-bond donors (Lipinski definition) is 3. The number of nitrogens with one attached hydrogen (secondary N) is 3. The van der Waals surface area contributed by atoms with Crippen molar-refractivity contribution in [2.45, 2.75) is 57.5 Å². The normalized spacial score (nSPS) is 23.0. The molecule has 2 amide bonds. The highest BCUT2D eigenvalue weighted by Gasteiger charge is 2.36. The molecule has 1 fully saturated rings. The van der Waals surface area contributed by atoms with Crippen molar-refractivity contribution in [3.8, 4) is 5.75 Å². The number of fused-ring (bicyclic) bond motifs is 1. The molecule has 0 radical (unpaired) electrons. The number of carbonyl (C=O) groups is 2. The second-order valence-electron chi connectivity index (χ2n) is 8.21. The molecule has 9 nitrogen and oxygen atoms in total. The van der Waals surface area contributed by atoms with Crippen molar-refractivity contribution < 1.29 is 14.3 Å². The lowest BCUT2D eigenvalue weighted by Gasteiger charge is -2.39. The number of H-pyrrole nitrogens is 1. The Morgan fingerprint density at radius 3 is 2.68 bits per heavy atom. The number of hydrogen-bond acceptors (Lipinski definition) is 6. The summed E-state index contributed by atoms with van der Waals surface area (Å²) in [6, 6.07) is 7.34. The van der Waals surface area contributed by atoms with Crippen LogP contribution in [-0.2, 0) is 9.59 Å². The lowest BCUT2D eigenvalue weighted by Crippen LogP contribution is -2.46. The predicted molar refractivity (Wildman–Crippen MR) is 118 cm³/mol. The summed E-state index contributed by atoms with van der Waals surface area (Å²) in [7, 11) is 1.54. The highest BCUT2D eigenvalue weighted by molar-refractivity contribution is 6.04. The summed E-state index contributed by atoms with van der Waals surface area (Å²) in [6.45, 7) is 4.19. The molecule has 0 unspecified atom stereocenters. The lowest BCUT2D eigenvalue weighted by molar-refractivity contribution is -0.123. The minimum absolute atomic E-state index is 0.122.